The van der Waals surface area contributed by atoms with Crippen molar-refractivity contribution in [2.75, 3.05) is 5.32 Å². The molecular formula is C18H12F6N4O2. The van der Waals surface area contributed by atoms with Gasteiger partial charge in [0.25, 0.3) is 5.91 Å². The number of ether oxygens (including phenoxy) is 1. The van der Waals surface area contributed by atoms with Crippen LogP contribution in [-0.2, 0) is 6.18 Å². The summed E-state index contributed by atoms with van der Waals surface area (Å²) in [4.78, 5) is 16.8. The third-order valence-corrected chi connectivity index (χ3v) is 4.43. The van der Waals surface area contributed by atoms with Gasteiger partial charge >= 0.3 is 12.8 Å². The molecule has 2 aromatic heterocycles. The molecule has 4 rings (SSSR count). The standard InChI is InChI=1S/C18H12F6N4O2/c19-9-3-4-11(13(5-9)30-17(20)21)27-16(29)10-7-25-28-14(18(22,23)24)6-12(8-1-2-8)26-15(10)28/h3-8,17H,1-2H2,(H,27,29). The molecule has 6 nitrogen and oxygen atoms in total. The Kier molecular flexibility index (Phi) is 4.79. The molecule has 0 aliphatic heterocycles. The van der Waals surface area contributed by atoms with E-state index in [0.29, 0.717) is 23.4 Å². The summed E-state index contributed by atoms with van der Waals surface area (Å²) in [6.07, 6.45) is -2.49. The number of rotatable bonds is 5. The average molecular weight is 430 g/mol. The van der Waals surface area contributed by atoms with Crippen molar-refractivity contribution in [1.82, 2.24) is 14.6 Å². The minimum Gasteiger partial charge on any atom is -0.432 e. The van der Waals surface area contributed by atoms with Crippen LogP contribution in [0, 0.1) is 5.82 Å². The Hall–Kier alpha value is -3.31. The number of carbonyl (C=O) groups excluding carboxylic acids is 1. The van der Waals surface area contributed by atoms with Gasteiger partial charge in [-0.3, -0.25) is 4.79 Å². The zero-order chi connectivity index (χ0) is 21.6. The summed E-state index contributed by atoms with van der Waals surface area (Å²) in [6, 6.07) is 3.42. The van der Waals surface area contributed by atoms with Gasteiger partial charge in [-0.15, -0.1) is 0 Å². The Bertz CT molecular complexity index is 1120. The fraction of sp³-hybridized carbons (Fsp3) is 0.278. The van der Waals surface area contributed by atoms with Crippen LogP contribution >= 0.6 is 0 Å². The SMILES string of the molecule is O=C(Nc1ccc(F)cc1OC(F)F)c1cnn2c(C(F)(F)F)cc(C3CC3)nc12. The predicted octanol–water partition coefficient (Wildman–Crippen LogP) is 4.62. The second-order valence-electron chi connectivity index (χ2n) is 6.61. The number of halogens is 6. The van der Waals surface area contributed by atoms with Gasteiger partial charge in [0.2, 0.25) is 0 Å². The number of nitrogens with zero attached hydrogens (tertiary/aromatic N) is 3. The number of alkyl halides is 5. The van der Waals surface area contributed by atoms with Crippen LogP contribution in [0.5, 0.6) is 5.75 Å². The molecule has 1 amide bonds. The molecule has 1 aromatic carbocycles. The molecule has 1 aliphatic carbocycles. The van der Waals surface area contributed by atoms with Crippen molar-refractivity contribution < 1.29 is 35.9 Å². The highest BCUT2D eigenvalue weighted by Crippen LogP contribution is 2.41. The number of aromatic nitrogens is 3. The van der Waals surface area contributed by atoms with Crippen molar-refractivity contribution in [2.24, 2.45) is 0 Å². The van der Waals surface area contributed by atoms with Crippen LogP contribution in [0.1, 0.15) is 40.5 Å². The third kappa shape index (κ3) is 3.89. The molecular weight excluding hydrogens is 418 g/mol. The monoisotopic (exact) mass is 430 g/mol. The van der Waals surface area contributed by atoms with Gasteiger partial charge in [-0.25, -0.2) is 13.9 Å². The maximum absolute atomic E-state index is 13.4. The lowest BCUT2D eigenvalue weighted by Gasteiger charge is -2.12. The van der Waals surface area contributed by atoms with Gasteiger partial charge in [0.05, 0.1) is 11.9 Å². The number of anilines is 1. The topological polar surface area (TPSA) is 68.5 Å². The van der Waals surface area contributed by atoms with Crippen LogP contribution in [-0.4, -0.2) is 27.1 Å². The van der Waals surface area contributed by atoms with Crippen molar-refractivity contribution in [3.8, 4) is 5.75 Å². The van der Waals surface area contributed by atoms with Crippen LogP contribution in [0.25, 0.3) is 5.65 Å². The van der Waals surface area contributed by atoms with Crippen LogP contribution in [0.3, 0.4) is 0 Å². The lowest BCUT2D eigenvalue weighted by Crippen LogP contribution is -2.17. The molecule has 1 N–H and O–H groups in total. The minimum atomic E-state index is -4.74. The van der Waals surface area contributed by atoms with Crippen molar-refractivity contribution in [1.29, 1.82) is 0 Å². The highest BCUT2D eigenvalue weighted by molar-refractivity contribution is 6.08. The zero-order valence-electron chi connectivity index (χ0n) is 14.9. The molecule has 2 heterocycles. The first kappa shape index (κ1) is 20.0. The van der Waals surface area contributed by atoms with Crippen molar-refractivity contribution in [3.05, 3.63) is 53.2 Å². The van der Waals surface area contributed by atoms with Gasteiger partial charge in [0.15, 0.2) is 11.4 Å². The number of hydrogen-bond donors (Lipinski definition) is 1. The van der Waals surface area contributed by atoms with Crippen molar-refractivity contribution in [3.63, 3.8) is 0 Å². The van der Waals surface area contributed by atoms with Crippen LogP contribution in [0.2, 0.25) is 0 Å². The molecule has 0 radical (unpaired) electrons. The fourth-order valence-corrected chi connectivity index (χ4v) is 2.91. The van der Waals surface area contributed by atoms with Gasteiger partial charge < -0.3 is 10.1 Å². The maximum Gasteiger partial charge on any atom is 0.433 e. The molecule has 0 unspecified atom stereocenters. The van der Waals surface area contributed by atoms with Gasteiger partial charge in [-0.05, 0) is 31.0 Å². The summed E-state index contributed by atoms with van der Waals surface area (Å²) in [5.74, 6) is -2.63. The minimum absolute atomic E-state index is 0.134. The van der Waals surface area contributed by atoms with E-state index in [1.165, 1.54) is 0 Å². The van der Waals surface area contributed by atoms with Crippen LogP contribution in [0.15, 0.2) is 30.5 Å². The molecule has 0 spiro atoms. The summed E-state index contributed by atoms with van der Waals surface area (Å²) in [5.41, 5.74) is -1.83. The molecule has 1 saturated carbocycles. The first-order chi connectivity index (χ1) is 14.1. The number of fused-ring (bicyclic) bond motifs is 1. The summed E-state index contributed by atoms with van der Waals surface area (Å²) in [6.45, 7) is -3.28. The maximum atomic E-state index is 13.4. The van der Waals surface area contributed by atoms with E-state index in [9.17, 15) is 31.1 Å². The molecule has 12 heteroatoms. The van der Waals surface area contributed by atoms with E-state index in [1.54, 1.807) is 0 Å². The fourth-order valence-electron chi connectivity index (χ4n) is 2.91. The number of benzene rings is 1. The summed E-state index contributed by atoms with van der Waals surface area (Å²) in [5, 5.41) is 5.84. The first-order valence-corrected chi connectivity index (χ1v) is 8.65. The Morgan fingerprint density at radius 1 is 1.23 bits per heavy atom. The second-order valence-corrected chi connectivity index (χ2v) is 6.61. The zero-order valence-corrected chi connectivity index (χ0v) is 14.9. The molecule has 30 heavy (non-hydrogen) atoms. The van der Waals surface area contributed by atoms with Crippen LogP contribution < -0.4 is 10.1 Å². The predicted molar refractivity (Wildman–Crippen MR) is 90.9 cm³/mol. The lowest BCUT2D eigenvalue weighted by molar-refractivity contribution is -0.142. The van der Waals surface area contributed by atoms with Gasteiger partial charge in [-0.2, -0.15) is 27.1 Å². The number of carbonyl (C=O) groups is 1. The highest BCUT2D eigenvalue weighted by Gasteiger charge is 2.38. The molecule has 1 aliphatic rings. The van der Waals surface area contributed by atoms with Crippen molar-refractivity contribution in [2.45, 2.75) is 31.5 Å². The van der Waals surface area contributed by atoms with E-state index >= 15 is 0 Å². The smallest absolute Gasteiger partial charge is 0.432 e. The molecule has 0 atom stereocenters. The van der Waals surface area contributed by atoms with Crippen molar-refractivity contribution >= 4 is 17.2 Å². The second kappa shape index (κ2) is 7.18. The Morgan fingerprint density at radius 2 is 1.97 bits per heavy atom. The van der Waals surface area contributed by atoms with Gasteiger partial charge in [-0.1, -0.05) is 0 Å². The average Bonchev–Trinajstić information content (AvgIpc) is 3.41. The Morgan fingerprint density at radius 3 is 2.60 bits per heavy atom. The van der Waals surface area contributed by atoms with E-state index in [1.807, 2.05) is 0 Å². The number of hydrogen-bond acceptors (Lipinski definition) is 4. The Balaban J connectivity index is 1.74. The quantitative estimate of drug-likeness (QED) is 0.600. The summed E-state index contributed by atoms with van der Waals surface area (Å²) in [7, 11) is 0. The van der Waals surface area contributed by atoms with E-state index in [2.05, 4.69) is 20.1 Å². The van der Waals surface area contributed by atoms with Gasteiger partial charge in [0.1, 0.15) is 17.1 Å². The van der Waals surface area contributed by atoms with Gasteiger partial charge in [0, 0.05) is 17.7 Å². The van der Waals surface area contributed by atoms with E-state index < -0.39 is 36.0 Å². The Labute approximate surface area is 164 Å². The normalized spacial score (nSPS) is 14.4. The first-order valence-electron chi connectivity index (χ1n) is 8.65. The highest BCUT2D eigenvalue weighted by atomic mass is 19.4. The van der Waals surface area contributed by atoms with E-state index in [-0.39, 0.29) is 28.5 Å². The molecule has 0 bridgehead atoms. The van der Waals surface area contributed by atoms with Crippen LogP contribution in [0.4, 0.5) is 32.0 Å². The summed E-state index contributed by atoms with van der Waals surface area (Å²) < 4.78 is 83.4. The number of nitrogens with one attached hydrogen (secondary N) is 1. The summed E-state index contributed by atoms with van der Waals surface area (Å²) >= 11 is 0. The largest absolute Gasteiger partial charge is 0.433 e. The third-order valence-electron chi connectivity index (χ3n) is 4.43. The molecule has 158 valence electrons. The van der Waals surface area contributed by atoms with E-state index in [4.69, 9.17) is 0 Å². The lowest BCUT2D eigenvalue weighted by atomic mass is 10.2. The van der Waals surface area contributed by atoms with E-state index in [0.717, 1.165) is 24.4 Å². The molecule has 0 saturated heterocycles. The number of amides is 1. The molecule has 3 aromatic rings. The molecule has 1 fully saturated rings.